The number of hydrogen-bond acceptors (Lipinski definition) is 4. The molecule has 5 nitrogen and oxygen atoms in total. The van der Waals surface area contributed by atoms with Crippen molar-refractivity contribution in [1.29, 1.82) is 0 Å². The molecule has 0 aromatic heterocycles. The lowest BCUT2D eigenvalue weighted by atomic mass is 10.1. The lowest BCUT2D eigenvalue weighted by molar-refractivity contribution is -0.148. The number of carbonyl (C=O) groups excluding carboxylic acids is 1. The third kappa shape index (κ3) is 4.80. The fraction of sp³-hybridized carbons (Fsp3) is 0.250. The molecule has 0 aliphatic rings. The zero-order valence-corrected chi connectivity index (χ0v) is 11.5. The van der Waals surface area contributed by atoms with E-state index in [1.807, 2.05) is 42.5 Å². The second kappa shape index (κ2) is 7.28. The number of carbonyl (C=O) groups is 2. The van der Waals surface area contributed by atoms with Gasteiger partial charge in [-0.25, -0.2) is 0 Å². The first-order valence-electron chi connectivity index (χ1n) is 6.64. The highest BCUT2D eigenvalue weighted by Gasteiger charge is 2.06. The Bertz CT molecular complexity index is 635. The molecule has 0 aliphatic heterocycles. The number of carboxylic acids is 1. The van der Waals surface area contributed by atoms with E-state index in [0.29, 0.717) is 5.75 Å². The minimum absolute atomic E-state index is 0.102. The number of aliphatic carboxylic acids is 1. The van der Waals surface area contributed by atoms with Gasteiger partial charge in [0.25, 0.3) is 0 Å². The Morgan fingerprint density at radius 3 is 2.48 bits per heavy atom. The van der Waals surface area contributed by atoms with E-state index in [9.17, 15) is 9.59 Å². The summed E-state index contributed by atoms with van der Waals surface area (Å²) in [6.45, 7) is 0.336. The molecule has 2 aromatic rings. The van der Waals surface area contributed by atoms with Crippen LogP contribution in [0.2, 0.25) is 0 Å². The Morgan fingerprint density at radius 1 is 0.952 bits per heavy atom. The van der Waals surface area contributed by atoms with Crippen molar-refractivity contribution in [2.45, 2.75) is 12.8 Å². The molecule has 0 amide bonds. The summed E-state index contributed by atoms with van der Waals surface area (Å²) < 4.78 is 10.4. The summed E-state index contributed by atoms with van der Waals surface area (Å²) >= 11 is 0. The van der Waals surface area contributed by atoms with Crippen molar-refractivity contribution >= 4 is 22.7 Å². The van der Waals surface area contributed by atoms with Crippen molar-refractivity contribution in [1.82, 2.24) is 0 Å². The zero-order chi connectivity index (χ0) is 15.1. The molecule has 110 valence electrons. The van der Waals surface area contributed by atoms with Gasteiger partial charge in [0.1, 0.15) is 19.0 Å². The molecule has 2 rings (SSSR count). The second-order valence-electron chi connectivity index (χ2n) is 4.47. The largest absolute Gasteiger partial charge is 0.490 e. The molecule has 0 saturated carbocycles. The van der Waals surface area contributed by atoms with E-state index in [2.05, 4.69) is 0 Å². The summed E-state index contributed by atoms with van der Waals surface area (Å²) in [4.78, 5) is 21.5. The Balaban J connectivity index is 1.75. The first-order chi connectivity index (χ1) is 10.1. The van der Waals surface area contributed by atoms with Crippen molar-refractivity contribution in [3.63, 3.8) is 0 Å². The van der Waals surface area contributed by atoms with Crippen LogP contribution in [0.5, 0.6) is 5.75 Å². The van der Waals surface area contributed by atoms with Crippen LogP contribution in [0.25, 0.3) is 10.8 Å². The molecular weight excluding hydrogens is 272 g/mol. The minimum atomic E-state index is -1.01. The molecule has 1 N–H and O–H groups in total. The lowest BCUT2D eigenvalue weighted by Crippen LogP contribution is -2.13. The first kappa shape index (κ1) is 14.8. The van der Waals surface area contributed by atoms with Crippen molar-refractivity contribution in [3.05, 3.63) is 42.5 Å². The smallest absolute Gasteiger partial charge is 0.306 e. The topological polar surface area (TPSA) is 72.8 Å². The summed E-state index contributed by atoms with van der Waals surface area (Å²) in [5, 5.41) is 10.6. The predicted octanol–water partition coefficient (Wildman–Crippen LogP) is 2.63. The molecule has 0 atom stereocenters. The van der Waals surface area contributed by atoms with E-state index in [1.165, 1.54) is 0 Å². The molecule has 2 aromatic carbocycles. The van der Waals surface area contributed by atoms with Gasteiger partial charge in [-0.15, -0.1) is 0 Å². The van der Waals surface area contributed by atoms with Crippen LogP contribution in [0.1, 0.15) is 12.8 Å². The molecule has 5 heteroatoms. The Morgan fingerprint density at radius 2 is 1.71 bits per heavy atom. The Hall–Kier alpha value is -2.56. The number of fused-ring (bicyclic) bond motifs is 1. The van der Waals surface area contributed by atoms with Crippen LogP contribution < -0.4 is 4.74 Å². The van der Waals surface area contributed by atoms with Crippen LogP contribution in [-0.4, -0.2) is 30.3 Å². The van der Waals surface area contributed by atoms with E-state index < -0.39 is 11.9 Å². The molecule has 0 saturated heterocycles. The van der Waals surface area contributed by atoms with Gasteiger partial charge in [-0.05, 0) is 22.9 Å². The quantitative estimate of drug-likeness (QED) is 0.626. The van der Waals surface area contributed by atoms with Gasteiger partial charge in [0, 0.05) is 0 Å². The van der Waals surface area contributed by atoms with E-state index >= 15 is 0 Å². The van der Waals surface area contributed by atoms with E-state index in [1.54, 1.807) is 0 Å². The highest BCUT2D eigenvalue weighted by atomic mass is 16.6. The standard InChI is InChI=1S/C16H16O5/c17-15(18)7-8-16(19)21-10-9-20-14-6-5-12-3-1-2-4-13(12)11-14/h1-6,11H,7-10H2,(H,17,18). The van der Waals surface area contributed by atoms with Gasteiger partial charge in [0.2, 0.25) is 0 Å². The number of rotatable bonds is 7. The minimum Gasteiger partial charge on any atom is -0.490 e. The normalized spacial score (nSPS) is 10.3. The van der Waals surface area contributed by atoms with Crippen LogP contribution in [0.3, 0.4) is 0 Å². The summed E-state index contributed by atoms with van der Waals surface area (Å²) in [6, 6.07) is 13.7. The van der Waals surface area contributed by atoms with Gasteiger partial charge in [-0.3, -0.25) is 9.59 Å². The predicted molar refractivity (Wildman–Crippen MR) is 77.3 cm³/mol. The average molecular weight is 288 g/mol. The van der Waals surface area contributed by atoms with Gasteiger partial charge in [0.05, 0.1) is 12.8 Å². The van der Waals surface area contributed by atoms with E-state index in [0.717, 1.165) is 10.8 Å². The number of esters is 1. The number of ether oxygens (including phenoxy) is 2. The second-order valence-corrected chi connectivity index (χ2v) is 4.47. The summed E-state index contributed by atoms with van der Waals surface area (Å²) in [7, 11) is 0. The maximum Gasteiger partial charge on any atom is 0.306 e. The molecule has 21 heavy (non-hydrogen) atoms. The van der Waals surface area contributed by atoms with Crippen molar-refractivity contribution in [2.75, 3.05) is 13.2 Å². The monoisotopic (exact) mass is 288 g/mol. The Labute approximate surface area is 122 Å². The molecule has 0 spiro atoms. The van der Waals surface area contributed by atoms with E-state index in [-0.39, 0.29) is 26.1 Å². The number of hydrogen-bond donors (Lipinski definition) is 1. The fourth-order valence-corrected chi connectivity index (χ4v) is 1.85. The molecular formula is C16H16O5. The molecule has 0 radical (unpaired) electrons. The molecule has 0 unspecified atom stereocenters. The summed E-state index contributed by atoms with van der Waals surface area (Å²) in [5.41, 5.74) is 0. The third-order valence-corrected chi connectivity index (χ3v) is 2.88. The van der Waals surface area contributed by atoms with Crippen LogP contribution in [-0.2, 0) is 14.3 Å². The first-order valence-corrected chi connectivity index (χ1v) is 6.64. The van der Waals surface area contributed by atoms with Crippen molar-refractivity contribution < 1.29 is 24.2 Å². The number of carboxylic acid groups (broad SMARTS) is 1. The maximum atomic E-state index is 11.2. The van der Waals surface area contributed by atoms with Gasteiger partial charge < -0.3 is 14.6 Å². The van der Waals surface area contributed by atoms with Crippen LogP contribution >= 0.6 is 0 Å². The summed E-state index contributed by atoms with van der Waals surface area (Å²) in [5.74, 6) is -0.839. The third-order valence-electron chi connectivity index (χ3n) is 2.88. The Kier molecular flexibility index (Phi) is 5.15. The van der Waals surface area contributed by atoms with Crippen LogP contribution in [0, 0.1) is 0 Å². The van der Waals surface area contributed by atoms with Gasteiger partial charge in [0.15, 0.2) is 0 Å². The molecule has 0 aliphatic carbocycles. The van der Waals surface area contributed by atoms with Crippen LogP contribution in [0.15, 0.2) is 42.5 Å². The fourth-order valence-electron chi connectivity index (χ4n) is 1.85. The molecule has 0 heterocycles. The maximum absolute atomic E-state index is 11.2. The SMILES string of the molecule is O=C(O)CCC(=O)OCCOc1ccc2ccccc2c1. The van der Waals surface area contributed by atoms with Gasteiger partial charge in [-0.1, -0.05) is 30.3 Å². The van der Waals surface area contributed by atoms with Crippen molar-refractivity contribution in [3.8, 4) is 5.75 Å². The number of benzene rings is 2. The van der Waals surface area contributed by atoms with Crippen LogP contribution in [0.4, 0.5) is 0 Å². The van der Waals surface area contributed by atoms with Gasteiger partial charge >= 0.3 is 11.9 Å². The molecule has 0 fully saturated rings. The zero-order valence-electron chi connectivity index (χ0n) is 11.5. The highest BCUT2D eigenvalue weighted by Crippen LogP contribution is 2.20. The van der Waals surface area contributed by atoms with Crippen molar-refractivity contribution in [2.24, 2.45) is 0 Å². The summed E-state index contributed by atoms with van der Waals surface area (Å²) in [6.07, 6.45) is -0.338. The highest BCUT2D eigenvalue weighted by molar-refractivity contribution is 5.83. The van der Waals surface area contributed by atoms with E-state index in [4.69, 9.17) is 14.6 Å². The lowest BCUT2D eigenvalue weighted by Gasteiger charge is -2.08. The average Bonchev–Trinajstić information content (AvgIpc) is 2.49. The molecule has 0 bridgehead atoms. The van der Waals surface area contributed by atoms with Gasteiger partial charge in [-0.2, -0.15) is 0 Å².